The van der Waals surface area contributed by atoms with Gasteiger partial charge in [0.15, 0.2) is 0 Å². The van der Waals surface area contributed by atoms with Crippen molar-refractivity contribution in [1.29, 1.82) is 0 Å². The molecule has 0 amide bonds. The summed E-state index contributed by atoms with van der Waals surface area (Å²) in [5, 5.41) is 7.51. The van der Waals surface area contributed by atoms with Gasteiger partial charge in [-0.3, -0.25) is 0 Å². The van der Waals surface area contributed by atoms with E-state index in [0.717, 1.165) is 11.1 Å². The van der Waals surface area contributed by atoms with Crippen LogP contribution in [0.4, 0.5) is 17.1 Å². The first kappa shape index (κ1) is 72.3. The molecule has 23 aromatic rings. The van der Waals surface area contributed by atoms with Crippen LogP contribution >= 0.6 is 0 Å². The van der Waals surface area contributed by atoms with Crippen LogP contribution < -0.4 is 86.8 Å². The standard InChI is InChI=1S/C120H75B5N4/c1-6-35-76(36-7-1)83-45-16-21-52-93(83)121-100-58-27-31-66-111(100)129-117-88(51-33-60-103(117)121)92-73-107-120-115(118(92)129)89-49-20-28-63-108(89)126(120)113-72-82(68-70-101(113)124(107)95-54-23-18-47-85(95)78-39-10-3-11-40-78)81-67-69-97(90(71-81)80-43-14-5-15-44-80)123-98-56-25-29-64-109(98)127-112-75-106-114(74-91(112)87-50-32-59-102(123)116(87)127)128-110-65-30-26-57-99(110)122(94-53-22-17-46-84(94)77-37-8-2-9-38-77)104-61-34-62-105(119(104)128)125(106)96-55-24-19-48-86(96)79-41-12-4-13-42-79/h1-75H. The third kappa shape index (κ3) is 10.4. The van der Waals surface area contributed by atoms with Crippen molar-refractivity contribution in [3.63, 3.8) is 0 Å². The van der Waals surface area contributed by atoms with Gasteiger partial charge in [0.25, 0.3) is 0 Å². The quantitative estimate of drug-likeness (QED) is 0.118. The highest BCUT2D eigenvalue weighted by molar-refractivity contribution is 7.04. The molecule has 0 unspecified atom stereocenters. The summed E-state index contributed by atoms with van der Waals surface area (Å²) in [6.07, 6.45) is 0. The van der Waals surface area contributed by atoms with Crippen LogP contribution in [0.3, 0.4) is 0 Å². The Morgan fingerprint density at radius 1 is 0.147 bits per heavy atom. The van der Waals surface area contributed by atoms with Gasteiger partial charge < -0.3 is 18.6 Å². The number of rotatable bonds is 11. The second-order valence-corrected chi connectivity index (χ2v) is 35.7. The number of hydrogen-bond donors (Lipinski definition) is 0. The summed E-state index contributed by atoms with van der Waals surface area (Å²) < 4.78 is 7.98. The van der Waals surface area contributed by atoms with Crippen molar-refractivity contribution < 1.29 is 0 Å². The average Bonchev–Trinajstić information content (AvgIpc) is 1.28. The van der Waals surface area contributed by atoms with Crippen molar-refractivity contribution in [3.8, 4) is 83.8 Å². The van der Waals surface area contributed by atoms with Gasteiger partial charge in [-0.1, -0.05) is 434 Å². The highest BCUT2D eigenvalue weighted by atomic mass is 15.2. The van der Waals surface area contributed by atoms with Crippen molar-refractivity contribution in [2.45, 2.75) is 0 Å². The minimum Gasteiger partial charge on any atom is -0.313 e. The molecule has 8 heterocycles. The summed E-state index contributed by atoms with van der Waals surface area (Å²) in [6, 6.07) is 173. The molecule has 0 saturated heterocycles. The first-order valence-corrected chi connectivity index (χ1v) is 45.4. The summed E-state index contributed by atoms with van der Waals surface area (Å²) in [5.74, 6) is 0. The van der Waals surface area contributed by atoms with Crippen molar-refractivity contribution >= 4 is 198 Å². The predicted octanol–water partition coefficient (Wildman–Crippen LogP) is 18.6. The van der Waals surface area contributed by atoms with E-state index in [4.69, 9.17) is 0 Å². The van der Waals surface area contributed by atoms with E-state index >= 15 is 0 Å². The molecule has 0 spiro atoms. The lowest BCUT2D eigenvalue weighted by molar-refractivity contribution is 1.18. The predicted molar refractivity (Wildman–Crippen MR) is 552 cm³/mol. The molecule has 0 fully saturated rings. The lowest BCUT2D eigenvalue weighted by Gasteiger charge is -2.44. The zero-order chi connectivity index (χ0) is 84.2. The van der Waals surface area contributed by atoms with Gasteiger partial charge in [-0.05, 0) is 170 Å². The molecule has 4 nitrogen and oxygen atoms in total. The van der Waals surface area contributed by atoms with Gasteiger partial charge in [0.2, 0.25) is 33.6 Å². The summed E-state index contributed by atoms with van der Waals surface area (Å²) in [5.41, 5.74) is 48.6. The zero-order valence-corrected chi connectivity index (χ0v) is 70.5. The SMILES string of the molecule is c1ccc(-c2ccccc2B2c3ccccc3N3c4cc5c6cccc7c6n(c5cc4B(c4ccccc4-c4ccccc4)c4cccc2c43)-c2ccccc2B7c2ccc(-c3ccc4c(c3)-n3c5ccccc5c5c3c(cc3c6cccc7c6n(c35)-c3ccccc3B7c3ccccc3-c3ccccc3)B4c3ccccc3-c3ccccc3)cc2-c2ccccc2)cc1. The summed E-state index contributed by atoms with van der Waals surface area (Å²) in [4.78, 5) is 2.66. The number of fused-ring (bicyclic) bond motifs is 20. The second kappa shape index (κ2) is 28.2. The van der Waals surface area contributed by atoms with Crippen molar-refractivity contribution in [2.24, 2.45) is 0 Å². The van der Waals surface area contributed by atoms with Gasteiger partial charge in [0.05, 0.1) is 22.1 Å². The summed E-state index contributed by atoms with van der Waals surface area (Å²) in [7, 11) is 0. The Morgan fingerprint density at radius 2 is 0.496 bits per heavy atom. The molecule has 0 saturated carbocycles. The fourth-order valence-corrected chi connectivity index (χ4v) is 24.3. The number of nitrogens with zero attached hydrogens (tertiary/aromatic N) is 4. The molecule has 0 aliphatic carbocycles. The molecule has 28 rings (SSSR count). The summed E-state index contributed by atoms with van der Waals surface area (Å²) in [6.45, 7) is -0.493. The molecule has 0 atom stereocenters. The molecule has 590 valence electrons. The van der Waals surface area contributed by atoms with Crippen LogP contribution in [0.25, 0.3) is 149 Å². The number of hydrogen-bond acceptors (Lipinski definition) is 1. The van der Waals surface area contributed by atoms with E-state index in [0.29, 0.717) is 0 Å². The fraction of sp³-hybridized carbons (Fsp3) is 0. The van der Waals surface area contributed by atoms with E-state index < -0.39 is 0 Å². The molecule has 5 aliphatic heterocycles. The lowest BCUT2D eigenvalue weighted by Crippen LogP contribution is -2.65. The lowest BCUT2D eigenvalue weighted by atomic mass is 9.30. The normalized spacial score (nSPS) is 13.0. The van der Waals surface area contributed by atoms with Crippen LogP contribution in [0, 0.1) is 0 Å². The van der Waals surface area contributed by atoms with Crippen molar-refractivity contribution in [2.75, 3.05) is 4.90 Å². The largest absolute Gasteiger partial charge is 0.313 e. The van der Waals surface area contributed by atoms with Gasteiger partial charge >= 0.3 is 0 Å². The van der Waals surface area contributed by atoms with Crippen LogP contribution in [0.1, 0.15) is 0 Å². The first-order chi connectivity index (χ1) is 64.1. The molecular weight excluding hydrogens is 1550 g/mol. The highest BCUT2D eigenvalue weighted by Gasteiger charge is 2.47. The van der Waals surface area contributed by atoms with Gasteiger partial charge in [-0.2, -0.15) is 0 Å². The second-order valence-electron chi connectivity index (χ2n) is 35.7. The molecule has 129 heavy (non-hydrogen) atoms. The molecule has 0 radical (unpaired) electrons. The van der Waals surface area contributed by atoms with Crippen LogP contribution in [-0.4, -0.2) is 47.3 Å². The number of aromatic nitrogens is 3. The monoisotopic (exact) mass is 1630 g/mol. The Balaban J connectivity index is 0.647. The van der Waals surface area contributed by atoms with Crippen LogP contribution in [0.2, 0.25) is 0 Å². The molecule has 5 aliphatic rings. The van der Waals surface area contributed by atoms with Gasteiger partial charge in [0, 0.05) is 77.5 Å². The molecule has 0 N–H and O–H groups in total. The molecule has 0 bridgehead atoms. The van der Waals surface area contributed by atoms with Crippen molar-refractivity contribution in [1.82, 2.24) is 13.7 Å². The Labute approximate surface area is 750 Å². The third-order valence-electron chi connectivity index (χ3n) is 29.4. The van der Waals surface area contributed by atoms with Crippen LogP contribution in [-0.2, 0) is 0 Å². The minimum absolute atomic E-state index is 0.0178. The fourth-order valence-electron chi connectivity index (χ4n) is 24.3. The third-order valence-corrected chi connectivity index (χ3v) is 29.4. The number of benzene rings is 20. The smallest absolute Gasteiger partial charge is 0.247 e. The van der Waals surface area contributed by atoms with E-state index in [9.17, 15) is 0 Å². The van der Waals surface area contributed by atoms with Crippen molar-refractivity contribution in [3.05, 3.63) is 455 Å². The zero-order valence-electron chi connectivity index (χ0n) is 70.5. The first-order valence-electron chi connectivity index (χ1n) is 45.4. The number of anilines is 3. The van der Waals surface area contributed by atoms with E-state index in [1.54, 1.807) is 0 Å². The molecule has 9 heteroatoms. The highest BCUT2D eigenvalue weighted by Crippen LogP contribution is 2.47. The van der Waals surface area contributed by atoms with E-state index in [1.807, 2.05) is 0 Å². The Bertz CT molecular complexity index is 8680. The Morgan fingerprint density at radius 3 is 1.03 bits per heavy atom. The topological polar surface area (TPSA) is 18.0 Å². The van der Waals surface area contributed by atoms with Gasteiger partial charge in [-0.15, -0.1) is 0 Å². The summed E-state index contributed by atoms with van der Waals surface area (Å²) >= 11 is 0. The maximum absolute atomic E-state index is 2.67. The average molecular weight is 1630 g/mol. The van der Waals surface area contributed by atoms with Gasteiger partial charge in [-0.25, -0.2) is 0 Å². The molecular formula is C120H75B5N4. The van der Waals surface area contributed by atoms with E-state index in [1.165, 1.54) is 237 Å². The van der Waals surface area contributed by atoms with Gasteiger partial charge in [0.1, 0.15) is 0 Å². The molecule has 3 aromatic heterocycles. The minimum atomic E-state index is -0.152. The maximum Gasteiger partial charge on any atom is 0.247 e. The Hall–Kier alpha value is -16.1. The van der Waals surface area contributed by atoms with Crippen LogP contribution in [0.15, 0.2) is 455 Å². The maximum atomic E-state index is 2.67. The van der Waals surface area contributed by atoms with E-state index in [-0.39, 0.29) is 33.6 Å². The molecule has 20 aromatic carbocycles. The van der Waals surface area contributed by atoms with E-state index in [2.05, 4.69) is 474 Å². The van der Waals surface area contributed by atoms with Crippen LogP contribution in [0.5, 0.6) is 0 Å². The number of para-hydroxylation sites is 7. The Kier molecular flexibility index (Phi) is 15.8.